The Morgan fingerprint density at radius 1 is 1.50 bits per heavy atom. The Bertz CT molecular complexity index is 333. The Hall–Kier alpha value is -1.51. The van der Waals surface area contributed by atoms with Crippen molar-refractivity contribution in [3.63, 3.8) is 0 Å². The lowest BCUT2D eigenvalue weighted by Gasteiger charge is -2.03. The second-order valence-electron chi connectivity index (χ2n) is 2.87. The molecule has 0 unspecified atom stereocenters. The Morgan fingerprint density at radius 3 is 3.00 bits per heavy atom. The van der Waals surface area contributed by atoms with E-state index in [1.165, 1.54) is 5.57 Å². The second kappa shape index (κ2) is 2.85. The number of nitrogens with two attached hydrogens (primary N) is 1. The van der Waals surface area contributed by atoms with Gasteiger partial charge < -0.3 is 5.73 Å². The standard InChI is InChI=1S/C9H11N3/c10-9-6-8(11-12-9)7-4-2-1-3-5-7/h1-2,4,6H,3,5H2,(H3,10,11,12). The van der Waals surface area contributed by atoms with Crippen molar-refractivity contribution >= 4 is 11.4 Å². The minimum Gasteiger partial charge on any atom is -0.384 e. The number of hydrogen-bond acceptors (Lipinski definition) is 2. The van der Waals surface area contributed by atoms with Crippen LogP contribution in [-0.4, -0.2) is 10.2 Å². The van der Waals surface area contributed by atoms with Crippen LogP contribution < -0.4 is 5.73 Å². The number of allylic oxidation sites excluding steroid dienone is 4. The fraction of sp³-hybridized carbons (Fsp3) is 0.222. The normalized spacial score (nSPS) is 16.2. The summed E-state index contributed by atoms with van der Waals surface area (Å²) in [5.74, 6) is 0.625. The van der Waals surface area contributed by atoms with Crippen molar-refractivity contribution in [2.75, 3.05) is 5.73 Å². The molecule has 1 aromatic rings. The van der Waals surface area contributed by atoms with Crippen molar-refractivity contribution in [1.82, 2.24) is 10.2 Å². The van der Waals surface area contributed by atoms with Crippen LogP contribution in [0.2, 0.25) is 0 Å². The van der Waals surface area contributed by atoms with Crippen LogP contribution >= 0.6 is 0 Å². The molecule has 0 aliphatic heterocycles. The molecule has 0 bridgehead atoms. The third-order valence-corrected chi connectivity index (χ3v) is 1.94. The minimum atomic E-state index is 0.625. The summed E-state index contributed by atoms with van der Waals surface area (Å²) in [5, 5.41) is 6.82. The smallest absolute Gasteiger partial charge is 0.119 e. The maximum Gasteiger partial charge on any atom is 0.119 e. The van der Waals surface area contributed by atoms with E-state index in [2.05, 4.69) is 28.4 Å². The number of nitrogens with zero attached hydrogens (tertiary/aromatic N) is 1. The summed E-state index contributed by atoms with van der Waals surface area (Å²) in [6.45, 7) is 0. The lowest BCUT2D eigenvalue weighted by molar-refractivity contribution is 1.01. The van der Waals surface area contributed by atoms with Gasteiger partial charge in [0.15, 0.2) is 0 Å². The van der Waals surface area contributed by atoms with Gasteiger partial charge in [-0.05, 0) is 18.4 Å². The van der Waals surface area contributed by atoms with Gasteiger partial charge in [-0.3, -0.25) is 5.10 Å². The number of nitrogens with one attached hydrogen (secondary N) is 1. The Labute approximate surface area is 71.0 Å². The second-order valence-corrected chi connectivity index (χ2v) is 2.87. The minimum absolute atomic E-state index is 0.625. The molecule has 0 radical (unpaired) electrons. The number of aromatic nitrogens is 2. The van der Waals surface area contributed by atoms with E-state index < -0.39 is 0 Å². The van der Waals surface area contributed by atoms with Gasteiger partial charge >= 0.3 is 0 Å². The van der Waals surface area contributed by atoms with Crippen LogP contribution in [0.5, 0.6) is 0 Å². The van der Waals surface area contributed by atoms with Gasteiger partial charge in [0.05, 0.1) is 5.69 Å². The third-order valence-electron chi connectivity index (χ3n) is 1.94. The maximum absolute atomic E-state index is 5.52. The van der Waals surface area contributed by atoms with E-state index in [0.717, 1.165) is 18.5 Å². The molecule has 3 nitrogen and oxygen atoms in total. The van der Waals surface area contributed by atoms with E-state index in [9.17, 15) is 0 Å². The average molecular weight is 161 g/mol. The predicted octanol–water partition coefficient (Wildman–Crippen LogP) is 1.73. The molecule has 12 heavy (non-hydrogen) atoms. The molecule has 1 heterocycles. The molecule has 1 aliphatic carbocycles. The topological polar surface area (TPSA) is 54.7 Å². The Balaban J connectivity index is 2.30. The summed E-state index contributed by atoms with van der Waals surface area (Å²) in [7, 11) is 0. The first-order chi connectivity index (χ1) is 5.86. The lowest BCUT2D eigenvalue weighted by atomic mass is 10.0. The van der Waals surface area contributed by atoms with Crippen LogP contribution in [0.3, 0.4) is 0 Å². The number of anilines is 1. The molecule has 2 rings (SSSR count). The van der Waals surface area contributed by atoms with E-state index in [-0.39, 0.29) is 0 Å². The third kappa shape index (κ3) is 1.25. The summed E-state index contributed by atoms with van der Waals surface area (Å²) in [6, 6.07) is 1.87. The zero-order valence-corrected chi connectivity index (χ0v) is 6.75. The van der Waals surface area contributed by atoms with Crippen LogP contribution in [0.15, 0.2) is 24.3 Å². The summed E-state index contributed by atoms with van der Waals surface area (Å²) in [6.07, 6.45) is 8.45. The predicted molar refractivity (Wildman–Crippen MR) is 49.4 cm³/mol. The van der Waals surface area contributed by atoms with Gasteiger partial charge in [0, 0.05) is 6.07 Å². The van der Waals surface area contributed by atoms with Gasteiger partial charge in [0.1, 0.15) is 5.82 Å². The van der Waals surface area contributed by atoms with Crippen LogP contribution in [0.1, 0.15) is 18.5 Å². The van der Waals surface area contributed by atoms with Crippen molar-refractivity contribution in [1.29, 1.82) is 0 Å². The van der Waals surface area contributed by atoms with Crippen molar-refractivity contribution in [3.05, 3.63) is 30.0 Å². The van der Waals surface area contributed by atoms with Gasteiger partial charge in [-0.1, -0.05) is 18.2 Å². The molecule has 62 valence electrons. The van der Waals surface area contributed by atoms with Gasteiger partial charge in [-0.15, -0.1) is 0 Å². The van der Waals surface area contributed by atoms with Crippen LogP contribution in [0.4, 0.5) is 5.82 Å². The first kappa shape index (κ1) is 7.16. The zero-order chi connectivity index (χ0) is 8.39. The largest absolute Gasteiger partial charge is 0.384 e. The molecule has 0 atom stereocenters. The van der Waals surface area contributed by atoms with Gasteiger partial charge in [-0.25, -0.2) is 0 Å². The first-order valence-electron chi connectivity index (χ1n) is 4.03. The van der Waals surface area contributed by atoms with Crippen LogP contribution in [0.25, 0.3) is 5.57 Å². The molecular weight excluding hydrogens is 150 g/mol. The summed E-state index contributed by atoms with van der Waals surface area (Å²) >= 11 is 0. The van der Waals surface area contributed by atoms with Crippen molar-refractivity contribution < 1.29 is 0 Å². The number of aromatic amines is 1. The highest BCUT2D eigenvalue weighted by Gasteiger charge is 2.05. The molecule has 3 N–H and O–H groups in total. The summed E-state index contributed by atoms with van der Waals surface area (Å²) in [4.78, 5) is 0. The molecule has 1 aliphatic rings. The molecule has 0 saturated carbocycles. The molecule has 0 aromatic carbocycles. The first-order valence-corrected chi connectivity index (χ1v) is 4.03. The Kier molecular flexibility index (Phi) is 1.70. The Morgan fingerprint density at radius 2 is 2.42 bits per heavy atom. The molecule has 0 fully saturated rings. The number of nitrogen functional groups attached to an aromatic ring is 1. The molecule has 0 amide bonds. The van der Waals surface area contributed by atoms with Gasteiger partial charge in [0.2, 0.25) is 0 Å². The molecule has 1 aromatic heterocycles. The number of hydrogen-bond donors (Lipinski definition) is 2. The van der Waals surface area contributed by atoms with Crippen LogP contribution in [0, 0.1) is 0 Å². The van der Waals surface area contributed by atoms with E-state index in [1.807, 2.05) is 6.07 Å². The molecule has 0 spiro atoms. The zero-order valence-electron chi connectivity index (χ0n) is 6.75. The molecular formula is C9H11N3. The van der Waals surface area contributed by atoms with E-state index in [0.29, 0.717) is 5.82 Å². The van der Waals surface area contributed by atoms with Gasteiger partial charge in [0.25, 0.3) is 0 Å². The molecule has 0 saturated heterocycles. The number of rotatable bonds is 1. The molecule has 3 heteroatoms. The van der Waals surface area contributed by atoms with Crippen molar-refractivity contribution in [2.45, 2.75) is 12.8 Å². The number of H-pyrrole nitrogens is 1. The van der Waals surface area contributed by atoms with Crippen molar-refractivity contribution in [3.8, 4) is 0 Å². The van der Waals surface area contributed by atoms with Crippen LogP contribution in [-0.2, 0) is 0 Å². The highest BCUT2D eigenvalue weighted by atomic mass is 15.2. The lowest BCUT2D eigenvalue weighted by Crippen LogP contribution is -1.87. The average Bonchev–Trinajstić information content (AvgIpc) is 2.54. The fourth-order valence-corrected chi connectivity index (χ4v) is 1.32. The summed E-state index contributed by atoms with van der Waals surface area (Å²) in [5.41, 5.74) is 7.75. The highest BCUT2D eigenvalue weighted by Crippen LogP contribution is 2.22. The van der Waals surface area contributed by atoms with Crippen molar-refractivity contribution in [2.24, 2.45) is 0 Å². The monoisotopic (exact) mass is 161 g/mol. The van der Waals surface area contributed by atoms with E-state index in [1.54, 1.807) is 0 Å². The van der Waals surface area contributed by atoms with E-state index in [4.69, 9.17) is 5.73 Å². The quantitative estimate of drug-likeness (QED) is 0.659. The van der Waals surface area contributed by atoms with E-state index >= 15 is 0 Å². The fourth-order valence-electron chi connectivity index (χ4n) is 1.32. The SMILES string of the molecule is Nc1cc(C2=CC=CCC2)n[nH]1. The highest BCUT2D eigenvalue weighted by molar-refractivity contribution is 5.66. The maximum atomic E-state index is 5.52. The van der Waals surface area contributed by atoms with Gasteiger partial charge in [-0.2, -0.15) is 5.10 Å². The summed E-state index contributed by atoms with van der Waals surface area (Å²) < 4.78 is 0.